The van der Waals surface area contributed by atoms with Crippen molar-refractivity contribution < 1.29 is 13.2 Å². The zero-order valence-corrected chi connectivity index (χ0v) is 16.7. The van der Waals surface area contributed by atoms with Crippen LogP contribution in [0.4, 0.5) is 0 Å². The minimum Gasteiger partial charge on any atom is -0.351 e. The highest BCUT2D eigenvalue weighted by atomic mass is 32.2. The van der Waals surface area contributed by atoms with Gasteiger partial charge in [-0.15, -0.1) is 11.3 Å². The van der Waals surface area contributed by atoms with Crippen molar-refractivity contribution in [2.75, 3.05) is 6.54 Å². The van der Waals surface area contributed by atoms with Crippen molar-refractivity contribution in [3.05, 3.63) is 64.5 Å². The first-order valence-electron chi connectivity index (χ1n) is 8.80. The van der Waals surface area contributed by atoms with Crippen molar-refractivity contribution in [1.82, 2.24) is 5.32 Å². The van der Waals surface area contributed by atoms with Crippen LogP contribution in [-0.2, 0) is 22.9 Å². The highest BCUT2D eigenvalue weighted by Crippen LogP contribution is 2.32. The minimum absolute atomic E-state index is 0.0548. The van der Waals surface area contributed by atoms with Crippen LogP contribution in [0, 0.1) is 0 Å². The molecule has 142 valence electrons. The number of carbonyl (C=O) groups is 1. The van der Waals surface area contributed by atoms with E-state index in [1.165, 1.54) is 23.5 Å². The standard InChI is InChI=1S/C20H22N2O3S2/c1-2-5-17-16-6-3-4-7-18(16)26-19(17)20(23)22-13-12-14-8-10-15(11-9-14)27(21,24)25/h3-4,6-11H,2,5,12-13H2,1H3,(H,22,23)(H2,21,24,25). The van der Waals surface area contributed by atoms with Gasteiger partial charge in [-0.05, 0) is 47.6 Å². The van der Waals surface area contributed by atoms with Gasteiger partial charge in [0.2, 0.25) is 10.0 Å². The highest BCUT2D eigenvalue weighted by Gasteiger charge is 2.17. The number of rotatable bonds is 7. The molecule has 1 heterocycles. The second kappa shape index (κ2) is 8.21. The molecule has 0 radical (unpaired) electrons. The summed E-state index contributed by atoms with van der Waals surface area (Å²) < 4.78 is 23.7. The van der Waals surface area contributed by atoms with E-state index in [1.54, 1.807) is 12.1 Å². The summed E-state index contributed by atoms with van der Waals surface area (Å²) in [6.45, 7) is 2.59. The Labute approximate surface area is 163 Å². The van der Waals surface area contributed by atoms with Crippen molar-refractivity contribution in [3.8, 4) is 0 Å². The second-order valence-corrected chi connectivity index (χ2v) is 8.96. The summed E-state index contributed by atoms with van der Waals surface area (Å²) in [5.41, 5.74) is 2.06. The zero-order valence-electron chi connectivity index (χ0n) is 15.1. The summed E-state index contributed by atoms with van der Waals surface area (Å²) in [4.78, 5) is 13.6. The average molecular weight is 403 g/mol. The van der Waals surface area contributed by atoms with E-state index in [-0.39, 0.29) is 10.8 Å². The number of hydrogen-bond acceptors (Lipinski definition) is 4. The Bertz CT molecular complexity index is 1050. The van der Waals surface area contributed by atoms with Crippen LogP contribution >= 0.6 is 11.3 Å². The van der Waals surface area contributed by atoms with Gasteiger partial charge in [-0.25, -0.2) is 13.6 Å². The lowest BCUT2D eigenvalue weighted by molar-refractivity contribution is 0.0957. The lowest BCUT2D eigenvalue weighted by atomic mass is 10.1. The maximum atomic E-state index is 12.7. The van der Waals surface area contributed by atoms with E-state index in [4.69, 9.17) is 5.14 Å². The fourth-order valence-corrected chi connectivity index (χ4v) is 4.71. The quantitative estimate of drug-likeness (QED) is 0.634. The molecule has 0 saturated heterocycles. The number of carbonyl (C=O) groups excluding carboxylic acids is 1. The molecule has 3 aromatic rings. The normalized spacial score (nSPS) is 11.6. The predicted octanol–water partition coefficient (Wildman–Crippen LogP) is 3.47. The summed E-state index contributed by atoms with van der Waals surface area (Å²) in [5, 5.41) is 9.24. The van der Waals surface area contributed by atoms with Gasteiger partial charge in [0.15, 0.2) is 0 Å². The van der Waals surface area contributed by atoms with Gasteiger partial charge >= 0.3 is 0 Å². The zero-order chi connectivity index (χ0) is 19.4. The van der Waals surface area contributed by atoms with Gasteiger partial charge in [0.1, 0.15) is 0 Å². The summed E-state index contributed by atoms with van der Waals surface area (Å²) in [5.74, 6) is -0.0548. The van der Waals surface area contributed by atoms with Crippen LogP contribution in [-0.4, -0.2) is 20.9 Å². The molecule has 0 spiro atoms. The number of thiophene rings is 1. The van der Waals surface area contributed by atoms with Crippen molar-refractivity contribution in [3.63, 3.8) is 0 Å². The number of benzene rings is 2. The van der Waals surface area contributed by atoms with Crippen molar-refractivity contribution in [2.24, 2.45) is 5.14 Å². The number of primary sulfonamides is 1. The monoisotopic (exact) mass is 402 g/mol. The number of hydrogen-bond donors (Lipinski definition) is 2. The molecule has 0 aliphatic rings. The third-order valence-electron chi connectivity index (χ3n) is 4.36. The summed E-state index contributed by atoms with van der Waals surface area (Å²) in [6, 6.07) is 14.5. The van der Waals surface area contributed by atoms with E-state index in [2.05, 4.69) is 18.3 Å². The van der Waals surface area contributed by atoms with Gasteiger partial charge in [0.25, 0.3) is 5.91 Å². The molecule has 1 aromatic heterocycles. The first-order chi connectivity index (χ1) is 12.9. The summed E-state index contributed by atoms with van der Waals surface area (Å²) in [6.07, 6.45) is 2.48. The number of fused-ring (bicyclic) bond motifs is 1. The molecule has 3 N–H and O–H groups in total. The average Bonchev–Trinajstić information content (AvgIpc) is 3.01. The fraction of sp³-hybridized carbons (Fsp3) is 0.250. The van der Waals surface area contributed by atoms with Crippen LogP contribution in [0.3, 0.4) is 0 Å². The Kier molecular flexibility index (Phi) is 5.94. The maximum Gasteiger partial charge on any atom is 0.261 e. The molecular weight excluding hydrogens is 380 g/mol. The SMILES string of the molecule is CCCc1c(C(=O)NCCc2ccc(S(N)(=O)=O)cc2)sc2ccccc12. The Hall–Kier alpha value is -2.22. The van der Waals surface area contributed by atoms with E-state index in [9.17, 15) is 13.2 Å². The van der Waals surface area contributed by atoms with Crippen molar-refractivity contribution in [2.45, 2.75) is 31.1 Å². The van der Waals surface area contributed by atoms with Crippen LogP contribution in [0.5, 0.6) is 0 Å². The molecule has 0 saturated carbocycles. The minimum atomic E-state index is -3.68. The number of sulfonamides is 1. The Morgan fingerprint density at radius 2 is 1.78 bits per heavy atom. The van der Waals surface area contributed by atoms with Crippen molar-refractivity contribution in [1.29, 1.82) is 0 Å². The molecule has 0 unspecified atom stereocenters. The van der Waals surface area contributed by atoms with Crippen molar-refractivity contribution >= 4 is 37.4 Å². The Balaban J connectivity index is 1.68. The molecule has 3 rings (SSSR count). The fourth-order valence-electron chi connectivity index (χ4n) is 3.03. The van der Waals surface area contributed by atoms with E-state index in [1.807, 2.05) is 18.2 Å². The van der Waals surface area contributed by atoms with E-state index < -0.39 is 10.0 Å². The highest BCUT2D eigenvalue weighted by molar-refractivity contribution is 7.89. The topological polar surface area (TPSA) is 89.3 Å². The number of amides is 1. The molecule has 7 heteroatoms. The van der Waals surface area contributed by atoms with Gasteiger partial charge < -0.3 is 5.32 Å². The summed E-state index contributed by atoms with van der Waals surface area (Å²) in [7, 11) is -3.68. The molecule has 5 nitrogen and oxygen atoms in total. The molecule has 0 atom stereocenters. The molecular formula is C20H22N2O3S2. The predicted molar refractivity (Wildman–Crippen MR) is 110 cm³/mol. The van der Waals surface area contributed by atoms with Crippen LogP contribution in [0.2, 0.25) is 0 Å². The Morgan fingerprint density at radius 1 is 1.07 bits per heavy atom. The van der Waals surface area contributed by atoms with Crippen LogP contribution in [0.25, 0.3) is 10.1 Å². The van der Waals surface area contributed by atoms with Gasteiger partial charge in [0.05, 0.1) is 9.77 Å². The maximum absolute atomic E-state index is 12.7. The first-order valence-corrected chi connectivity index (χ1v) is 11.2. The molecule has 0 bridgehead atoms. The second-order valence-electron chi connectivity index (χ2n) is 6.35. The van der Waals surface area contributed by atoms with Crippen LogP contribution in [0.15, 0.2) is 53.4 Å². The lowest BCUT2D eigenvalue weighted by Gasteiger charge is -2.07. The molecule has 1 amide bonds. The molecule has 0 aliphatic carbocycles. The lowest BCUT2D eigenvalue weighted by Crippen LogP contribution is -2.25. The van der Waals surface area contributed by atoms with Gasteiger partial charge in [-0.3, -0.25) is 4.79 Å². The van der Waals surface area contributed by atoms with E-state index in [0.29, 0.717) is 13.0 Å². The molecule has 27 heavy (non-hydrogen) atoms. The number of aryl methyl sites for hydroxylation is 1. The molecule has 2 aromatic carbocycles. The summed E-state index contributed by atoms with van der Waals surface area (Å²) >= 11 is 1.53. The third kappa shape index (κ3) is 4.55. The number of nitrogens with two attached hydrogens (primary N) is 1. The van der Waals surface area contributed by atoms with Gasteiger partial charge in [0, 0.05) is 11.2 Å². The largest absolute Gasteiger partial charge is 0.351 e. The van der Waals surface area contributed by atoms with E-state index >= 15 is 0 Å². The Morgan fingerprint density at radius 3 is 2.44 bits per heavy atom. The third-order valence-corrected chi connectivity index (χ3v) is 6.50. The van der Waals surface area contributed by atoms with Gasteiger partial charge in [-0.1, -0.05) is 43.7 Å². The smallest absolute Gasteiger partial charge is 0.261 e. The van der Waals surface area contributed by atoms with Crippen LogP contribution < -0.4 is 10.5 Å². The number of nitrogens with one attached hydrogen (secondary N) is 1. The first kappa shape index (κ1) is 19.5. The van der Waals surface area contributed by atoms with E-state index in [0.717, 1.165) is 38.9 Å². The van der Waals surface area contributed by atoms with Gasteiger partial charge in [-0.2, -0.15) is 0 Å². The molecule has 0 fully saturated rings. The molecule has 0 aliphatic heterocycles. The van der Waals surface area contributed by atoms with Crippen LogP contribution in [0.1, 0.15) is 34.1 Å².